The van der Waals surface area contributed by atoms with Gasteiger partial charge in [0.25, 0.3) is 0 Å². The maximum Gasteiger partial charge on any atom is 0.0718 e. The second kappa shape index (κ2) is 4.04. The fourth-order valence-electron chi connectivity index (χ4n) is 1.61. The summed E-state index contributed by atoms with van der Waals surface area (Å²) in [5, 5.41) is 12.5. The Balaban J connectivity index is 2.33. The summed E-state index contributed by atoms with van der Waals surface area (Å²) in [6.45, 7) is 3.49. The molecule has 0 bridgehead atoms. The highest BCUT2D eigenvalue weighted by molar-refractivity contribution is 4.79. The van der Waals surface area contributed by atoms with Gasteiger partial charge in [-0.3, -0.25) is 0 Å². The van der Waals surface area contributed by atoms with E-state index in [1.165, 1.54) is 0 Å². The van der Waals surface area contributed by atoms with Crippen LogP contribution in [0.15, 0.2) is 0 Å². The molecule has 1 aliphatic heterocycles. The van der Waals surface area contributed by atoms with Crippen molar-refractivity contribution in [2.24, 2.45) is 5.92 Å². The molecule has 3 unspecified atom stereocenters. The van der Waals surface area contributed by atoms with Gasteiger partial charge < -0.3 is 15.2 Å². The highest BCUT2D eigenvalue weighted by Gasteiger charge is 2.29. The Kier molecular flexibility index (Phi) is 3.30. The van der Waals surface area contributed by atoms with Crippen LogP contribution in [0.4, 0.5) is 0 Å². The number of aliphatic hydroxyl groups is 1. The van der Waals surface area contributed by atoms with Crippen LogP contribution in [0.3, 0.4) is 0 Å². The van der Waals surface area contributed by atoms with Crippen molar-refractivity contribution in [2.75, 3.05) is 20.2 Å². The van der Waals surface area contributed by atoms with Gasteiger partial charge in [0.1, 0.15) is 0 Å². The second-order valence-electron chi connectivity index (χ2n) is 3.15. The first-order chi connectivity index (χ1) is 5.25. The molecule has 1 fully saturated rings. The molecule has 3 nitrogen and oxygen atoms in total. The first kappa shape index (κ1) is 8.97. The highest BCUT2D eigenvalue weighted by atomic mass is 16.5. The van der Waals surface area contributed by atoms with E-state index < -0.39 is 0 Å². The molecular formula is C8H17NO2. The Bertz CT molecular complexity index is 119. The van der Waals surface area contributed by atoms with Crippen molar-refractivity contribution in [1.29, 1.82) is 0 Å². The van der Waals surface area contributed by atoms with Gasteiger partial charge in [0, 0.05) is 19.1 Å². The number of hydrogen-bond acceptors (Lipinski definition) is 3. The van der Waals surface area contributed by atoms with Crippen LogP contribution in [0.1, 0.15) is 13.3 Å². The smallest absolute Gasteiger partial charge is 0.0718 e. The number of nitrogens with one attached hydrogen (secondary N) is 1. The molecule has 0 radical (unpaired) electrons. The van der Waals surface area contributed by atoms with E-state index in [1.54, 1.807) is 0 Å². The molecule has 2 N–H and O–H groups in total. The SMILES string of the molecule is CNCC(O)C1CCOC1C. The lowest BCUT2D eigenvalue weighted by Gasteiger charge is -2.20. The summed E-state index contributed by atoms with van der Waals surface area (Å²) in [6, 6.07) is 0. The van der Waals surface area contributed by atoms with E-state index in [0.29, 0.717) is 12.5 Å². The first-order valence-corrected chi connectivity index (χ1v) is 4.20. The normalized spacial score (nSPS) is 34.1. The molecule has 0 aliphatic carbocycles. The van der Waals surface area contributed by atoms with Crippen LogP contribution >= 0.6 is 0 Å². The Morgan fingerprint density at radius 1 is 1.73 bits per heavy atom. The Morgan fingerprint density at radius 3 is 2.91 bits per heavy atom. The van der Waals surface area contributed by atoms with E-state index in [2.05, 4.69) is 5.32 Å². The van der Waals surface area contributed by atoms with Crippen molar-refractivity contribution in [1.82, 2.24) is 5.32 Å². The maximum atomic E-state index is 9.58. The lowest BCUT2D eigenvalue weighted by Crippen LogP contribution is -2.34. The largest absolute Gasteiger partial charge is 0.391 e. The molecule has 0 aromatic heterocycles. The van der Waals surface area contributed by atoms with Crippen LogP contribution in [0.25, 0.3) is 0 Å². The Hall–Kier alpha value is -0.120. The molecule has 66 valence electrons. The Morgan fingerprint density at radius 2 is 2.45 bits per heavy atom. The zero-order chi connectivity index (χ0) is 8.27. The minimum Gasteiger partial charge on any atom is -0.391 e. The number of rotatable bonds is 3. The number of likely N-dealkylation sites (N-methyl/N-ethyl adjacent to an activating group) is 1. The summed E-state index contributed by atoms with van der Waals surface area (Å²) >= 11 is 0. The van der Waals surface area contributed by atoms with Gasteiger partial charge in [-0.05, 0) is 20.4 Å². The maximum absolute atomic E-state index is 9.58. The predicted molar refractivity (Wildman–Crippen MR) is 43.5 cm³/mol. The standard InChI is InChI=1S/C8H17NO2/c1-6-7(3-4-11-6)8(10)5-9-2/h6-10H,3-5H2,1-2H3. The van der Waals surface area contributed by atoms with E-state index in [0.717, 1.165) is 13.0 Å². The average Bonchev–Trinajstić information content (AvgIpc) is 2.36. The third kappa shape index (κ3) is 2.15. The summed E-state index contributed by atoms with van der Waals surface area (Å²) in [6.07, 6.45) is 0.958. The van der Waals surface area contributed by atoms with Gasteiger partial charge in [0.15, 0.2) is 0 Å². The van der Waals surface area contributed by atoms with E-state index in [-0.39, 0.29) is 12.2 Å². The predicted octanol–water partition coefficient (Wildman–Crippen LogP) is -0.00830. The molecule has 0 amide bonds. The van der Waals surface area contributed by atoms with Crippen molar-refractivity contribution in [3.05, 3.63) is 0 Å². The third-order valence-corrected chi connectivity index (χ3v) is 2.34. The summed E-state index contributed by atoms with van der Waals surface area (Å²) < 4.78 is 5.35. The minimum absolute atomic E-state index is 0.221. The van der Waals surface area contributed by atoms with Gasteiger partial charge in [-0.15, -0.1) is 0 Å². The van der Waals surface area contributed by atoms with Crippen LogP contribution in [0, 0.1) is 5.92 Å². The fourth-order valence-corrected chi connectivity index (χ4v) is 1.61. The topological polar surface area (TPSA) is 41.5 Å². The summed E-state index contributed by atoms with van der Waals surface area (Å²) in [5.41, 5.74) is 0. The van der Waals surface area contributed by atoms with Crippen LogP contribution in [0.2, 0.25) is 0 Å². The van der Waals surface area contributed by atoms with Gasteiger partial charge in [-0.2, -0.15) is 0 Å². The Labute approximate surface area is 67.7 Å². The number of aliphatic hydroxyl groups excluding tert-OH is 1. The van der Waals surface area contributed by atoms with Crippen LogP contribution < -0.4 is 5.32 Å². The fraction of sp³-hybridized carbons (Fsp3) is 1.00. The molecule has 3 heteroatoms. The number of ether oxygens (including phenoxy) is 1. The van der Waals surface area contributed by atoms with Crippen molar-refractivity contribution in [3.63, 3.8) is 0 Å². The first-order valence-electron chi connectivity index (χ1n) is 4.20. The average molecular weight is 159 g/mol. The summed E-state index contributed by atoms with van der Waals surface area (Å²) in [4.78, 5) is 0. The molecule has 1 heterocycles. The molecule has 3 atom stereocenters. The zero-order valence-electron chi connectivity index (χ0n) is 7.21. The van der Waals surface area contributed by atoms with Gasteiger partial charge in [0.05, 0.1) is 12.2 Å². The van der Waals surface area contributed by atoms with Crippen LogP contribution in [0.5, 0.6) is 0 Å². The van der Waals surface area contributed by atoms with E-state index in [4.69, 9.17) is 4.74 Å². The van der Waals surface area contributed by atoms with E-state index in [1.807, 2.05) is 14.0 Å². The summed E-state index contributed by atoms with van der Waals surface area (Å²) in [7, 11) is 1.85. The minimum atomic E-state index is -0.252. The molecular weight excluding hydrogens is 142 g/mol. The lowest BCUT2D eigenvalue weighted by molar-refractivity contribution is 0.0448. The van der Waals surface area contributed by atoms with Gasteiger partial charge >= 0.3 is 0 Å². The number of hydrogen-bond donors (Lipinski definition) is 2. The molecule has 11 heavy (non-hydrogen) atoms. The quantitative estimate of drug-likeness (QED) is 0.608. The lowest BCUT2D eigenvalue weighted by atomic mass is 9.96. The second-order valence-corrected chi connectivity index (χ2v) is 3.15. The highest BCUT2D eigenvalue weighted by Crippen LogP contribution is 2.23. The monoisotopic (exact) mass is 159 g/mol. The van der Waals surface area contributed by atoms with Crippen molar-refractivity contribution in [2.45, 2.75) is 25.6 Å². The molecule has 0 saturated carbocycles. The van der Waals surface area contributed by atoms with E-state index >= 15 is 0 Å². The van der Waals surface area contributed by atoms with Crippen LogP contribution in [-0.2, 0) is 4.74 Å². The van der Waals surface area contributed by atoms with Crippen molar-refractivity contribution >= 4 is 0 Å². The summed E-state index contributed by atoms with van der Waals surface area (Å²) in [5.74, 6) is 0.322. The molecule has 0 aromatic rings. The van der Waals surface area contributed by atoms with Gasteiger partial charge in [0.2, 0.25) is 0 Å². The molecule has 0 aromatic carbocycles. The van der Waals surface area contributed by atoms with E-state index in [9.17, 15) is 5.11 Å². The molecule has 1 rings (SSSR count). The third-order valence-electron chi connectivity index (χ3n) is 2.34. The van der Waals surface area contributed by atoms with Crippen LogP contribution in [-0.4, -0.2) is 37.5 Å². The van der Waals surface area contributed by atoms with Gasteiger partial charge in [-0.25, -0.2) is 0 Å². The van der Waals surface area contributed by atoms with Gasteiger partial charge in [-0.1, -0.05) is 0 Å². The molecule has 0 spiro atoms. The van der Waals surface area contributed by atoms with Crippen molar-refractivity contribution < 1.29 is 9.84 Å². The molecule has 1 aliphatic rings. The molecule has 1 saturated heterocycles. The zero-order valence-corrected chi connectivity index (χ0v) is 7.21. The van der Waals surface area contributed by atoms with Crippen molar-refractivity contribution in [3.8, 4) is 0 Å².